The zero-order valence-electron chi connectivity index (χ0n) is 18.7. The van der Waals surface area contributed by atoms with Crippen LogP contribution in [0.1, 0.15) is 29.8 Å². The second-order valence-electron chi connectivity index (χ2n) is 6.91. The Balaban J connectivity index is 1.91. The summed E-state index contributed by atoms with van der Waals surface area (Å²) in [7, 11) is 1.42. The predicted molar refractivity (Wildman–Crippen MR) is 132 cm³/mol. The number of rotatable bonds is 10. The third kappa shape index (κ3) is 4.65. The van der Waals surface area contributed by atoms with Crippen LogP contribution in [0.2, 0.25) is 5.02 Å². The third-order valence-electron chi connectivity index (χ3n) is 4.86. The number of carbonyl (C=O) groups is 1. The zero-order chi connectivity index (χ0) is 25.0. The van der Waals surface area contributed by atoms with Crippen LogP contribution >= 0.6 is 11.6 Å². The van der Waals surface area contributed by atoms with Gasteiger partial charge in [0.05, 0.1) is 35.7 Å². The lowest BCUT2D eigenvalue weighted by Crippen LogP contribution is -2.35. The molecule has 0 heterocycles. The predicted octanol–water partition coefficient (Wildman–Crippen LogP) is 3.96. The molecular weight excluding hydrogens is 462 g/mol. The lowest BCUT2D eigenvalue weighted by molar-refractivity contribution is 0.0997. The van der Waals surface area contributed by atoms with Crippen molar-refractivity contribution >= 4 is 47.0 Å². The van der Waals surface area contributed by atoms with E-state index in [1.807, 2.05) is 0 Å². The first kappa shape index (κ1) is 24.5. The highest BCUT2D eigenvalue weighted by molar-refractivity contribution is 6.33. The van der Waals surface area contributed by atoms with E-state index in [4.69, 9.17) is 31.5 Å². The monoisotopic (exact) mass is 483 g/mol. The average Bonchev–Trinajstić information content (AvgIpc) is 2.84. The maximum atomic E-state index is 11.9. The molecule has 0 aliphatic heterocycles. The first-order chi connectivity index (χ1) is 16.2. The molecule has 0 aliphatic carbocycles. The Hall–Kier alpha value is -4.11. The van der Waals surface area contributed by atoms with Crippen LogP contribution in [0.15, 0.2) is 51.0 Å². The van der Waals surface area contributed by atoms with Gasteiger partial charge in [0, 0.05) is 17.7 Å². The lowest BCUT2D eigenvalue weighted by atomic mass is 10.0. The number of hydrogen-bond donors (Lipinski definition) is 2. The summed E-state index contributed by atoms with van der Waals surface area (Å²) in [6.07, 6.45) is 1.68. The molecule has 10 heteroatoms. The Morgan fingerprint density at radius 3 is 2.50 bits per heavy atom. The summed E-state index contributed by atoms with van der Waals surface area (Å²) in [5.74, 6) is 0.301. The second kappa shape index (κ2) is 10.2. The van der Waals surface area contributed by atoms with Gasteiger partial charge in [0.25, 0.3) is 16.8 Å². The fraction of sp³-hybridized carbons (Fsp3) is 0.167. The van der Waals surface area contributed by atoms with Crippen LogP contribution in [-0.4, -0.2) is 26.3 Å². The molecule has 0 saturated carbocycles. The number of methoxy groups -OCH3 is 1. The summed E-state index contributed by atoms with van der Waals surface area (Å²) in [6.45, 7) is 7.26. The van der Waals surface area contributed by atoms with Gasteiger partial charge < -0.3 is 25.3 Å². The molecule has 0 aromatic heterocycles. The van der Waals surface area contributed by atoms with Gasteiger partial charge >= 0.3 is 0 Å². The summed E-state index contributed by atoms with van der Waals surface area (Å²) in [5.41, 5.74) is 5.60. The molecule has 0 aliphatic rings. The minimum absolute atomic E-state index is 0.0192. The number of carbonyl (C=O) groups excluding carboxylic acids is 1. The van der Waals surface area contributed by atoms with Gasteiger partial charge in [0.15, 0.2) is 5.75 Å². The minimum atomic E-state index is -0.681. The number of amides is 1. The van der Waals surface area contributed by atoms with Gasteiger partial charge in [0.1, 0.15) is 22.9 Å². The largest absolute Gasteiger partial charge is 0.496 e. The number of hydrogen-bond acceptors (Lipinski definition) is 8. The Labute approximate surface area is 200 Å². The maximum absolute atomic E-state index is 11.9. The molecule has 0 fully saturated rings. The lowest BCUT2D eigenvalue weighted by Gasteiger charge is -2.17. The molecule has 34 heavy (non-hydrogen) atoms. The van der Waals surface area contributed by atoms with E-state index in [1.165, 1.54) is 25.3 Å². The first-order valence-electron chi connectivity index (χ1n) is 10.1. The highest BCUT2D eigenvalue weighted by Gasteiger charge is 2.23. The highest BCUT2D eigenvalue weighted by atomic mass is 35.5. The molecule has 0 bridgehead atoms. The molecule has 3 rings (SSSR count). The van der Waals surface area contributed by atoms with E-state index in [-0.39, 0.29) is 34.4 Å². The maximum Gasteiger partial charge on any atom is 0.272 e. The van der Waals surface area contributed by atoms with Crippen molar-refractivity contribution in [2.45, 2.75) is 13.8 Å². The third-order valence-corrected chi connectivity index (χ3v) is 5.18. The van der Waals surface area contributed by atoms with Crippen molar-refractivity contribution in [1.82, 2.24) is 0 Å². The van der Waals surface area contributed by atoms with Crippen molar-refractivity contribution in [3.63, 3.8) is 0 Å². The molecule has 176 valence electrons. The minimum Gasteiger partial charge on any atom is -0.496 e. The topological polar surface area (TPSA) is 129 Å². The number of nitrogens with one attached hydrogen (secondary N) is 1. The number of nitrogens with zero attached hydrogens (tertiary/aromatic N) is 1. The van der Waals surface area contributed by atoms with Crippen LogP contribution in [-0.2, 0) is 0 Å². The molecule has 0 radical (unpaired) electrons. The second-order valence-corrected chi connectivity index (χ2v) is 7.32. The Morgan fingerprint density at radius 2 is 1.94 bits per heavy atom. The van der Waals surface area contributed by atoms with Crippen molar-refractivity contribution in [1.29, 1.82) is 0 Å². The number of halogens is 1. The number of anilines is 2. The molecule has 0 saturated heterocycles. The number of ether oxygens (including phenoxy) is 3. The van der Waals surface area contributed by atoms with Gasteiger partial charge in [-0.05, 0) is 44.8 Å². The average molecular weight is 484 g/mol. The summed E-state index contributed by atoms with van der Waals surface area (Å²) in [4.78, 5) is 39.4. The number of primary amides is 1. The van der Waals surface area contributed by atoms with Crippen LogP contribution in [0.4, 0.5) is 17.1 Å². The first-order valence-corrected chi connectivity index (χ1v) is 10.5. The van der Waals surface area contributed by atoms with Crippen molar-refractivity contribution in [3.05, 3.63) is 73.0 Å². The number of benzene rings is 2. The fourth-order valence-electron chi connectivity index (χ4n) is 3.22. The summed E-state index contributed by atoms with van der Waals surface area (Å²) in [6, 6.07) is 7.78. The van der Waals surface area contributed by atoms with E-state index in [1.54, 1.807) is 32.1 Å². The van der Waals surface area contributed by atoms with Gasteiger partial charge in [-0.15, -0.1) is 0 Å². The SMILES string of the molecule is C=Nc1cc(OC)c(C(N)=O)cc1/C(=C\C)Oc1ccc(Nc2c(OCC)c(=O)c2=O)c(Cl)c1. The van der Waals surface area contributed by atoms with E-state index in [9.17, 15) is 14.4 Å². The van der Waals surface area contributed by atoms with Gasteiger partial charge in [-0.3, -0.25) is 19.4 Å². The molecule has 9 nitrogen and oxygen atoms in total. The van der Waals surface area contributed by atoms with Crippen molar-refractivity contribution in [2.24, 2.45) is 10.7 Å². The number of allylic oxidation sites excluding steroid dienone is 1. The van der Waals surface area contributed by atoms with Crippen LogP contribution in [0.5, 0.6) is 17.2 Å². The van der Waals surface area contributed by atoms with Crippen LogP contribution in [0.25, 0.3) is 5.76 Å². The van der Waals surface area contributed by atoms with Gasteiger partial charge in [-0.25, -0.2) is 0 Å². The Kier molecular flexibility index (Phi) is 7.37. The number of nitrogens with two attached hydrogens (primary N) is 1. The van der Waals surface area contributed by atoms with E-state index in [0.29, 0.717) is 28.4 Å². The Bertz CT molecular complexity index is 1370. The van der Waals surface area contributed by atoms with E-state index >= 15 is 0 Å². The Morgan fingerprint density at radius 1 is 1.21 bits per heavy atom. The van der Waals surface area contributed by atoms with E-state index in [0.717, 1.165) is 0 Å². The van der Waals surface area contributed by atoms with E-state index < -0.39 is 16.8 Å². The zero-order valence-corrected chi connectivity index (χ0v) is 19.5. The molecule has 3 aromatic carbocycles. The van der Waals surface area contributed by atoms with Gasteiger partial charge in [-0.2, -0.15) is 0 Å². The summed E-state index contributed by atoms with van der Waals surface area (Å²) < 4.78 is 16.4. The van der Waals surface area contributed by atoms with Gasteiger partial charge in [0.2, 0.25) is 0 Å². The summed E-state index contributed by atoms with van der Waals surface area (Å²) >= 11 is 6.37. The molecular formula is C24H22ClN3O6. The van der Waals surface area contributed by atoms with Crippen LogP contribution in [0.3, 0.4) is 0 Å². The standard InChI is InChI=1S/C24H22ClN3O6/c1-5-18(13-10-14(24(26)31)19(32-4)11-17(13)27-3)34-12-7-8-16(15(25)9-12)28-20-21(29)22(30)23(20)33-6-2/h5,7-11,28H,3,6H2,1-2,4H3,(H2,26,31)/b18-5+. The van der Waals surface area contributed by atoms with Crippen molar-refractivity contribution < 1.29 is 19.0 Å². The fourth-order valence-corrected chi connectivity index (χ4v) is 3.43. The molecule has 3 N–H and O–H groups in total. The van der Waals surface area contributed by atoms with Crippen LogP contribution in [0, 0.1) is 0 Å². The molecule has 0 unspecified atom stereocenters. The quantitative estimate of drug-likeness (QED) is 0.253. The van der Waals surface area contributed by atoms with Crippen molar-refractivity contribution in [3.8, 4) is 17.2 Å². The van der Waals surface area contributed by atoms with Gasteiger partial charge in [-0.1, -0.05) is 11.6 Å². The van der Waals surface area contributed by atoms with E-state index in [2.05, 4.69) is 17.0 Å². The summed E-state index contributed by atoms with van der Waals surface area (Å²) in [5, 5.41) is 3.07. The molecule has 0 spiro atoms. The smallest absolute Gasteiger partial charge is 0.272 e. The number of aliphatic imine (C=N–C) groups is 1. The molecule has 3 aromatic rings. The normalized spacial score (nSPS) is 11.2. The molecule has 1 amide bonds. The molecule has 0 atom stereocenters. The highest BCUT2D eigenvalue weighted by Crippen LogP contribution is 2.36. The van der Waals surface area contributed by atoms with Crippen LogP contribution < -0.4 is 36.1 Å². The van der Waals surface area contributed by atoms with Crippen molar-refractivity contribution in [2.75, 3.05) is 19.0 Å².